The minimum Gasteiger partial charge on any atom is -0.351 e. The monoisotopic (exact) mass is 242 g/mol. The van der Waals surface area contributed by atoms with E-state index in [1.54, 1.807) is 0 Å². The van der Waals surface area contributed by atoms with E-state index in [2.05, 4.69) is 17.3 Å². The molecule has 2 rings (SSSR count). The summed E-state index contributed by atoms with van der Waals surface area (Å²) < 4.78 is 26.9. The van der Waals surface area contributed by atoms with Crippen LogP contribution in [0.25, 0.3) is 0 Å². The van der Waals surface area contributed by atoms with E-state index >= 15 is 0 Å². The maximum Gasteiger partial charge on any atom is 0.178 e. The zero-order chi connectivity index (χ0) is 12.6. The largest absolute Gasteiger partial charge is 0.351 e. The third-order valence-electron chi connectivity index (χ3n) is 3.10. The Hall–Kier alpha value is -1.43. The molecule has 0 amide bonds. The first-order valence-corrected chi connectivity index (χ1v) is 5.62. The molecular formula is C11H16F2N4. The first-order valence-electron chi connectivity index (χ1n) is 5.62. The van der Waals surface area contributed by atoms with Gasteiger partial charge in [0.05, 0.1) is 0 Å². The zero-order valence-corrected chi connectivity index (χ0v) is 9.87. The van der Waals surface area contributed by atoms with Crippen molar-refractivity contribution < 1.29 is 8.78 Å². The van der Waals surface area contributed by atoms with E-state index in [4.69, 9.17) is 5.84 Å². The summed E-state index contributed by atoms with van der Waals surface area (Å²) in [7, 11) is 0. The fourth-order valence-corrected chi connectivity index (χ4v) is 2.35. The summed E-state index contributed by atoms with van der Waals surface area (Å²) in [5.74, 6) is 4.21. The van der Waals surface area contributed by atoms with E-state index in [1.807, 2.05) is 11.8 Å². The number of halogens is 2. The highest BCUT2D eigenvalue weighted by Gasteiger charge is 2.29. The van der Waals surface area contributed by atoms with Crippen LogP contribution in [0.1, 0.15) is 20.3 Å². The average Bonchev–Trinajstić information content (AvgIpc) is 2.58. The van der Waals surface area contributed by atoms with Crippen molar-refractivity contribution in [2.24, 2.45) is 11.8 Å². The molecule has 1 aromatic heterocycles. The van der Waals surface area contributed by atoms with E-state index in [-0.39, 0.29) is 17.7 Å². The molecule has 1 aromatic rings. The number of rotatable bonds is 2. The van der Waals surface area contributed by atoms with Crippen molar-refractivity contribution in [2.75, 3.05) is 16.9 Å². The Morgan fingerprint density at radius 1 is 1.41 bits per heavy atom. The predicted molar refractivity (Wildman–Crippen MR) is 62.6 cm³/mol. The lowest BCUT2D eigenvalue weighted by atomic mass is 10.1. The Bertz CT molecular complexity index is 424. The number of nitrogens with two attached hydrogens (primary N) is 1. The third-order valence-corrected chi connectivity index (χ3v) is 3.10. The highest BCUT2D eigenvalue weighted by Crippen LogP contribution is 2.30. The fourth-order valence-electron chi connectivity index (χ4n) is 2.35. The third kappa shape index (κ3) is 2.17. The summed E-state index contributed by atoms with van der Waals surface area (Å²) in [6.07, 6.45) is 0.976. The molecule has 6 heteroatoms. The highest BCUT2D eigenvalue weighted by atomic mass is 19.1. The lowest BCUT2D eigenvalue weighted by Gasteiger charge is -2.23. The molecule has 2 unspecified atom stereocenters. The topological polar surface area (TPSA) is 54.2 Å². The van der Waals surface area contributed by atoms with Crippen LogP contribution in [0.4, 0.5) is 20.4 Å². The first-order chi connectivity index (χ1) is 8.02. The molecule has 0 aliphatic carbocycles. The van der Waals surface area contributed by atoms with Crippen molar-refractivity contribution in [3.63, 3.8) is 0 Å². The minimum atomic E-state index is -0.784. The second-order valence-corrected chi connectivity index (χ2v) is 4.61. The second kappa shape index (κ2) is 4.44. The summed E-state index contributed by atoms with van der Waals surface area (Å²) in [5.41, 5.74) is 2.13. The summed E-state index contributed by atoms with van der Waals surface area (Å²) in [5, 5.41) is 0. The Morgan fingerprint density at radius 2 is 2.12 bits per heavy atom. The van der Waals surface area contributed by atoms with Gasteiger partial charge in [-0.05, 0) is 19.3 Å². The predicted octanol–water partition coefficient (Wildman–Crippen LogP) is 1.88. The average molecular weight is 242 g/mol. The number of nitrogens with zero attached hydrogens (tertiary/aromatic N) is 2. The Kier molecular flexibility index (Phi) is 3.15. The highest BCUT2D eigenvalue weighted by molar-refractivity contribution is 5.50. The molecule has 3 N–H and O–H groups in total. The van der Waals surface area contributed by atoms with Gasteiger partial charge in [-0.15, -0.1) is 0 Å². The lowest BCUT2D eigenvalue weighted by Crippen LogP contribution is -2.29. The van der Waals surface area contributed by atoms with E-state index in [9.17, 15) is 8.78 Å². The van der Waals surface area contributed by atoms with Gasteiger partial charge in [0.1, 0.15) is 0 Å². The molecule has 94 valence electrons. The molecule has 1 aliphatic heterocycles. The molecule has 2 atom stereocenters. The van der Waals surface area contributed by atoms with Gasteiger partial charge < -0.3 is 10.3 Å². The second-order valence-electron chi connectivity index (χ2n) is 4.61. The van der Waals surface area contributed by atoms with Crippen molar-refractivity contribution in [2.45, 2.75) is 26.3 Å². The number of aromatic nitrogens is 1. The molecule has 1 aliphatic rings. The molecule has 0 aromatic carbocycles. The van der Waals surface area contributed by atoms with Crippen LogP contribution < -0.4 is 16.2 Å². The molecule has 17 heavy (non-hydrogen) atoms. The van der Waals surface area contributed by atoms with E-state index in [0.29, 0.717) is 5.92 Å². The van der Waals surface area contributed by atoms with Crippen LogP contribution in [0.15, 0.2) is 6.07 Å². The number of hydrazine groups is 1. The molecule has 0 spiro atoms. The standard InChI is InChI=1S/C11H16F2N4/c1-6-3-7(2)17(5-6)11-9(13)4-8(12)10(15-11)16-14/h4,6-7H,3,5,14H2,1-2H3,(H,15,16). The maximum absolute atomic E-state index is 13.7. The van der Waals surface area contributed by atoms with E-state index in [1.165, 1.54) is 0 Å². The summed E-state index contributed by atoms with van der Waals surface area (Å²) in [6.45, 7) is 4.82. The SMILES string of the molecule is CC1CC(C)N(c2nc(NN)c(F)cc2F)C1. The van der Waals surface area contributed by atoms with Gasteiger partial charge >= 0.3 is 0 Å². The smallest absolute Gasteiger partial charge is 0.178 e. The van der Waals surface area contributed by atoms with Crippen molar-refractivity contribution in [1.82, 2.24) is 4.98 Å². The number of nitrogen functional groups attached to an aromatic ring is 1. The zero-order valence-electron chi connectivity index (χ0n) is 9.87. The lowest BCUT2D eigenvalue weighted by molar-refractivity contribution is 0.567. The van der Waals surface area contributed by atoms with Gasteiger partial charge in [0.25, 0.3) is 0 Å². The Morgan fingerprint density at radius 3 is 2.65 bits per heavy atom. The van der Waals surface area contributed by atoms with Crippen molar-refractivity contribution in [3.05, 3.63) is 17.7 Å². The van der Waals surface area contributed by atoms with E-state index < -0.39 is 11.6 Å². The Balaban J connectivity index is 2.38. The fraction of sp³-hybridized carbons (Fsp3) is 0.545. The molecule has 4 nitrogen and oxygen atoms in total. The molecule has 1 fully saturated rings. The molecule has 0 saturated carbocycles. The van der Waals surface area contributed by atoms with Gasteiger partial charge in [-0.1, -0.05) is 6.92 Å². The molecule has 0 radical (unpaired) electrons. The number of anilines is 2. The molecule has 2 heterocycles. The van der Waals surface area contributed by atoms with Gasteiger partial charge in [-0.2, -0.15) is 0 Å². The van der Waals surface area contributed by atoms with Crippen LogP contribution in [0, 0.1) is 17.6 Å². The maximum atomic E-state index is 13.7. The van der Waals surface area contributed by atoms with Gasteiger partial charge in [0.2, 0.25) is 0 Å². The van der Waals surface area contributed by atoms with Crippen molar-refractivity contribution in [3.8, 4) is 0 Å². The summed E-state index contributed by atoms with van der Waals surface area (Å²) in [6, 6.07) is 1.01. The molecule has 1 saturated heterocycles. The quantitative estimate of drug-likeness (QED) is 0.614. The normalized spacial score (nSPS) is 24.2. The van der Waals surface area contributed by atoms with Crippen LogP contribution >= 0.6 is 0 Å². The Labute approximate surface area is 98.8 Å². The van der Waals surface area contributed by atoms with Crippen LogP contribution in [0.2, 0.25) is 0 Å². The summed E-state index contributed by atoms with van der Waals surface area (Å²) in [4.78, 5) is 5.74. The minimum absolute atomic E-state index is 0.131. The number of nitrogens with one attached hydrogen (secondary N) is 1. The summed E-state index contributed by atoms with van der Waals surface area (Å²) >= 11 is 0. The van der Waals surface area contributed by atoms with Crippen molar-refractivity contribution in [1.29, 1.82) is 0 Å². The molecular weight excluding hydrogens is 226 g/mol. The van der Waals surface area contributed by atoms with Crippen LogP contribution in [-0.2, 0) is 0 Å². The van der Waals surface area contributed by atoms with E-state index in [0.717, 1.165) is 19.0 Å². The van der Waals surface area contributed by atoms with Crippen LogP contribution in [0.5, 0.6) is 0 Å². The number of hydrogen-bond acceptors (Lipinski definition) is 4. The van der Waals surface area contributed by atoms with Gasteiger partial charge in [-0.25, -0.2) is 19.6 Å². The number of hydrogen-bond donors (Lipinski definition) is 2. The van der Waals surface area contributed by atoms with Crippen LogP contribution in [0.3, 0.4) is 0 Å². The first kappa shape index (κ1) is 12.0. The van der Waals surface area contributed by atoms with Gasteiger partial charge in [0, 0.05) is 18.7 Å². The van der Waals surface area contributed by atoms with Gasteiger partial charge in [-0.3, -0.25) is 0 Å². The van der Waals surface area contributed by atoms with Crippen molar-refractivity contribution >= 4 is 11.6 Å². The van der Waals surface area contributed by atoms with Gasteiger partial charge in [0.15, 0.2) is 23.3 Å². The number of pyridine rings is 1. The van der Waals surface area contributed by atoms with Crippen LogP contribution in [-0.4, -0.2) is 17.6 Å². The molecule has 0 bridgehead atoms.